The third-order valence-corrected chi connectivity index (χ3v) is 5.53. The lowest BCUT2D eigenvalue weighted by Crippen LogP contribution is -2.44. The van der Waals surface area contributed by atoms with E-state index in [0.717, 1.165) is 48.6 Å². The Morgan fingerprint density at radius 2 is 1.90 bits per heavy atom. The maximum absolute atomic E-state index is 13.0. The van der Waals surface area contributed by atoms with Gasteiger partial charge in [-0.1, -0.05) is 0 Å². The van der Waals surface area contributed by atoms with E-state index in [2.05, 4.69) is 41.9 Å². The van der Waals surface area contributed by atoms with Gasteiger partial charge in [0.05, 0.1) is 30.0 Å². The quantitative estimate of drug-likeness (QED) is 0.456. The third-order valence-electron chi connectivity index (χ3n) is 5.53. The van der Waals surface area contributed by atoms with Crippen LogP contribution in [0.5, 0.6) is 0 Å². The van der Waals surface area contributed by atoms with Crippen molar-refractivity contribution in [2.24, 2.45) is 0 Å². The van der Waals surface area contributed by atoms with E-state index in [9.17, 15) is 4.79 Å². The first-order chi connectivity index (χ1) is 15.2. The predicted octanol–water partition coefficient (Wildman–Crippen LogP) is 1.78. The molecule has 0 aliphatic carbocycles. The van der Waals surface area contributed by atoms with E-state index in [1.54, 1.807) is 35.7 Å². The van der Waals surface area contributed by atoms with Crippen LogP contribution in [-0.2, 0) is 6.42 Å². The van der Waals surface area contributed by atoms with Crippen LogP contribution in [0.1, 0.15) is 16.1 Å². The molecule has 1 fully saturated rings. The topological polar surface area (TPSA) is 92.9 Å². The Labute approximate surface area is 179 Å². The van der Waals surface area contributed by atoms with Crippen LogP contribution >= 0.6 is 0 Å². The Bertz CT molecular complexity index is 1220. The molecule has 0 amide bonds. The van der Waals surface area contributed by atoms with Crippen molar-refractivity contribution >= 4 is 22.5 Å². The fraction of sp³-hybridized carbons (Fsp3) is 0.273. The molecule has 0 N–H and O–H groups in total. The molecule has 1 aliphatic heterocycles. The van der Waals surface area contributed by atoms with Gasteiger partial charge in [0.2, 0.25) is 0 Å². The summed E-state index contributed by atoms with van der Waals surface area (Å²) in [6.07, 6.45) is 8.45. The molecule has 9 heteroatoms. The summed E-state index contributed by atoms with van der Waals surface area (Å²) in [6, 6.07) is 7.53. The average Bonchev–Trinajstić information content (AvgIpc) is 3.34. The number of carbonyl (C=O) groups is 1. The van der Waals surface area contributed by atoms with Crippen LogP contribution in [0.25, 0.3) is 16.6 Å². The largest absolute Gasteiger partial charge is 0.354 e. The Morgan fingerprint density at radius 1 is 1.03 bits per heavy atom. The zero-order valence-electron chi connectivity index (χ0n) is 17.2. The number of hydrogen-bond donors (Lipinski definition) is 0. The molecule has 156 valence electrons. The van der Waals surface area contributed by atoms with Gasteiger partial charge in [0, 0.05) is 49.0 Å². The highest BCUT2D eigenvalue weighted by molar-refractivity contribution is 5.98. The van der Waals surface area contributed by atoms with Gasteiger partial charge in [-0.2, -0.15) is 5.10 Å². The second kappa shape index (κ2) is 8.19. The number of fused-ring (bicyclic) bond motifs is 1. The van der Waals surface area contributed by atoms with Crippen LogP contribution < -0.4 is 4.90 Å². The fourth-order valence-electron chi connectivity index (χ4n) is 3.70. The number of piperazine rings is 1. The molecule has 0 unspecified atom stereocenters. The first kappa shape index (κ1) is 19.3. The molecule has 1 saturated heterocycles. The van der Waals surface area contributed by atoms with Crippen LogP contribution in [0.3, 0.4) is 0 Å². The zero-order chi connectivity index (χ0) is 21.2. The van der Waals surface area contributed by atoms with Crippen molar-refractivity contribution in [1.82, 2.24) is 34.6 Å². The smallest absolute Gasteiger partial charge is 0.169 e. The summed E-state index contributed by atoms with van der Waals surface area (Å²) in [7, 11) is 2.12. The van der Waals surface area contributed by atoms with Crippen molar-refractivity contribution in [3.05, 3.63) is 66.8 Å². The van der Waals surface area contributed by atoms with Gasteiger partial charge in [0.25, 0.3) is 0 Å². The summed E-state index contributed by atoms with van der Waals surface area (Å²) in [6.45, 7) is 3.81. The van der Waals surface area contributed by atoms with E-state index in [1.807, 2.05) is 18.2 Å². The van der Waals surface area contributed by atoms with Crippen LogP contribution in [0, 0.1) is 0 Å². The second-order valence-electron chi connectivity index (χ2n) is 7.69. The summed E-state index contributed by atoms with van der Waals surface area (Å²) in [5.74, 6) is 0.872. The molecule has 0 atom stereocenters. The van der Waals surface area contributed by atoms with Crippen molar-refractivity contribution in [3.63, 3.8) is 0 Å². The molecule has 0 saturated carbocycles. The second-order valence-corrected chi connectivity index (χ2v) is 7.69. The highest BCUT2D eigenvalue weighted by Gasteiger charge is 2.17. The molecule has 0 radical (unpaired) electrons. The Hall–Kier alpha value is -3.72. The van der Waals surface area contributed by atoms with Gasteiger partial charge >= 0.3 is 0 Å². The lowest BCUT2D eigenvalue weighted by molar-refractivity contribution is 0.0992. The number of rotatable bonds is 5. The molecular weight excluding hydrogens is 392 g/mol. The number of aromatic nitrogens is 6. The Kier molecular flexibility index (Phi) is 5.09. The lowest BCUT2D eigenvalue weighted by Gasteiger charge is -2.33. The summed E-state index contributed by atoms with van der Waals surface area (Å²) in [5, 5.41) is 5.04. The van der Waals surface area contributed by atoms with Crippen molar-refractivity contribution in [2.45, 2.75) is 6.42 Å². The standard InChI is InChI=1S/C22H22N8O/c1-28-4-6-29(7-5-28)22-10-16(2-3-24-22)21(31)11-18-8-17-9-19(30-15-23-14-27-30)12-26-20(17)13-25-18/h2-3,8-10,12-15H,4-7,11H2,1H3. The van der Waals surface area contributed by atoms with Gasteiger partial charge in [-0.05, 0) is 31.3 Å². The van der Waals surface area contributed by atoms with Crippen LogP contribution in [0.2, 0.25) is 0 Å². The monoisotopic (exact) mass is 414 g/mol. The molecule has 4 aromatic rings. The van der Waals surface area contributed by atoms with Gasteiger partial charge in [0.1, 0.15) is 18.5 Å². The number of hydrogen-bond acceptors (Lipinski definition) is 8. The number of nitrogens with zero attached hydrogens (tertiary/aromatic N) is 8. The van der Waals surface area contributed by atoms with Gasteiger partial charge in [-0.3, -0.25) is 14.8 Å². The highest BCUT2D eigenvalue weighted by atomic mass is 16.1. The minimum Gasteiger partial charge on any atom is -0.354 e. The van der Waals surface area contributed by atoms with Crippen molar-refractivity contribution in [1.29, 1.82) is 0 Å². The summed E-state index contributed by atoms with van der Waals surface area (Å²) >= 11 is 0. The third kappa shape index (κ3) is 4.13. The minimum atomic E-state index is 0.0185. The molecule has 4 aromatic heterocycles. The fourth-order valence-corrected chi connectivity index (χ4v) is 3.70. The molecule has 5 heterocycles. The molecule has 1 aliphatic rings. The SMILES string of the molecule is CN1CCN(c2cc(C(=O)Cc3cc4cc(-n5cncn5)cnc4cn3)ccn2)CC1. The van der Waals surface area contributed by atoms with E-state index in [1.165, 1.54) is 6.33 Å². The molecule has 5 rings (SSSR count). The molecule has 9 nitrogen and oxygen atoms in total. The Morgan fingerprint density at radius 3 is 2.71 bits per heavy atom. The first-order valence-corrected chi connectivity index (χ1v) is 10.2. The maximum atomic E-state index is 13.0. The normalized spacial score (nSPS) is 14.8. The van der Waals surface area contributed by atoms with Crippen LogP contribution in [-0.4, -0.2) is 73.6 Å². The number of Topliss-reactive ketones (excluding diaryl/α,β-unsaturated/α-hetero) is 1. The zero-order valence-corrected chi connectivity index (χ0v) is 17.2. The molecule has 31 heavy (non-hydrogen) atoms. The summed E-state index contributed by atoms with van der Waals surface area (Å²) < 4.78 is 1.65. The van der Waals surface area contributed by atoms with Crippen LogP contribution in [0.4, 0.5) is 5.82 Å². The van der Waals surface area contributed by atoms with Crippen LogP contribution in [0.15, 0.2) is 55.5 Å². The van der Waals surface area contributed by atoms with E-state index in [4.69, 9.17) is 0 Å². The van der Waals surface area contributed by atoms with E-state index >= 15 is 0 Å². The van der Waals surface area contributed by atoms with Gasteiger partial charge in [0.15, 0.2) is 5.78 Å². The molecule has 0 aromatic carbocycles. The molecule has 0 bridgehead atoms. The number of carbonyl (C=O) groups excluding carboxylic acids is 1. The molecular formula is C22H22N8O. The number of anilines is 1. The number of likely N-dealkylation sites (N-methyl/N-ethyl adjacent to an activating group) is 1. The van der Waals surface area contributed by atoms with Gasteiger partial charge in [-0.25, -0.2) is 14.6 Å². The van der Waals surface area contributed by atoms with E-state index in [-0.39, 0.29) is 12.2 Å². The van der Waals surface area contributed by atoms with Crippen molar-refractivity contribution in [2.75, 3.05) is 38.1 Å². The van der Waals surface area contributed by atoms with Crippen molar-refractivity contribution in [3.8, 4) is 5.69 Å². The average molecular weight is 414 g/mol. The Balaban J connectivity index is 1.35. The first-order valence-electron chi connectivity index (χ1n) is 10.2. The minimum absolute atomic E-state index is 0.0185. The number of pyridine rings is 3. The molecule has 0 spiro atoms. The van der Waals surface area contributed by atoms with Crippen molar-refractivity contribution < 1.29 is 4.79 Å². The summed E-state index contributed by atoms with van der Waals surface area (Å²) in [5.41, 5.74) is 2.93. The number of ketones is 1. The van der Waals surface area contributed by atoms with E-state index in [0.29, 0.717) is 11.3 Å². The predicted molar refractivity (Wildman–Crippen MR) is 116 cm³/mol. The highest BCUT2D eigenvalue weighted by Crippen LogP contribution is 2.19. The lowest BCUT2D eigenvalue weighted by atomic mass is 10.1. The van der Waals surface area contributed by atoms with Gasteiger partial charge < -0.3 is 9.80 Å². The maximum Gasteiger partial charge on any atom is 0.169 e. The van der Waals surface area contributed by atoms with E-state index < -0.39 is 0 Å². The van der Waals surface area contributed by atoms with Gasteiger partial charge in [-0.15, -0.1) is 0 Å². The summed E-state index contributed by atoms with van der Waals surface area (Å²) in [4.78, 5) is 34.8.